The van der Waals surface area contributed by atoms with Crippen molar-refractivity contribution < 1.29 is 39.8 Å². The standard InChI is InChI=1S/C54H103NO8/c1-3-5-7-9-11-12-13-14-15-16-17-18-19-20-21-22-23-24-25-26-27-28-29-30-31-32-33-34-35-36-38-40-42-44-50(58)55-47(48(57)43-41-39-37-10-8-6-4-2)46-62-54-53(61)52(60)51(59)49(45-56)63-54/h8,10,41,43,47-49,51-54,56-57,59-61H,3-7,9,11-40,42,44-46H2,1-2H3,(H,55,58)/b10-8+,43-41+. The minimum Gasteiger partial charge on any atom is -0.394 e. The number of unbranched alkanes of at least 4 members (excludes halogenated alkanes) is 34. The summed E-state index contributed by atoms with van der Waals surface area (Å²) in [7, 11) is 0. The van der Waals surface area contributed by atoms with Gasteiger partial charge in [-0.05, 0) is 25.7 Å². The number of hydrogen-bond acceptors (Lipinski definition) is 8. The lowest BCUT2D eigenvalue weighted by Gasteiger charge is -2.40. The molecule has 7 atom stereocenters. The summed E-state index contributed by atoms with van der Waals surface area (Å²) in [6.45, 7) is 3.66. The summed E-state index contributed by atoms with van der Waals surface area (Å²) in [5.41, 5.74) is 0. The average molecular weight is 894 g/mol. The van der Waals surface area contributed by atoms with Crippen LogP contribution in [0.25, 0.3) is 0 Å². The van der Waals surface area contributed by atoms with E-state index in [0.717, 1.165) is 44.9 Å². The Labute approximate surface area is 388 Å². The number of carbonyl (C=O) groups is 1. The van der Waals surface area contributed by atoms with Gasteiger partial charge in [0.05, 0.1) is 25.4 Å². The molecule has 1 amide bonds. The summed E-state index contributed by atoms with van der Waals surface area (Å²) in [5.74, 6) is -0.187. The number of carbonyl (C=O) groups excluding carboxylic acids is 1. The highest BCUT2D eigenvalue weighted by Gasteiger charge is 2.44. The number of amides is 1. The van der Waals surface area contributed by atoms with Crippen LogP contribution in [0.4, 0.5) is 0 Å². The molecule has 0 aromatic carbocycles. The lowest BCUT2D eigenvalue weighted by molar-refractivity contribution is -0.302. The summed E-state index contributed by atoms with van der Waals surface area (Å²) in [5, 5.41) is 53.9. The lowest BCUT2D eigenvalue weighted by atomic mass is 9.99. The van der Waals surface area contributed by atoms with Gasteiger partial charge in [0.15, 0.2) is 6.29 Å². The fourth-order valence-corrected chi connectivity index (χ4v) is 8.71. The van der Waals surface area contributed by atoms with Gasteiger partial charge in [-0.25, -0.2) is 0 Å². The minimum absolute atomic E-state index is 0.187. The van der Waals surface area contributed by atoms with Crippen LogP contribution in [-0.2, 0) is 14.3 Å². The van der Waals surface area contributed by atoms with E-state index in [1.807, 2.05) is 6.08 Å². The largest absolute Gasteiger partial charge is 0.394 e. The van der Waals surface area contributed by atoms with Crippen LogP contribution in [0.1, 0.15) is 258 Å². The van der Waals surface area contributed by atoms with Crippen molar-refractivity contribution in [3.05, 3.63) is 24.3 Å². The summed E-state index contributed by atoms with van der Waals surface area (Å²) in [6, 6.07) is -0.815. The maximum atomic E-state index is 12.9. The molecule has 1 heterocycles. The molecule has 9 nitrogen and oxygen atoms in total. The molecule has 0 spiro atoms. The van der Waals surface area contributed by atoms with Gasteiger partial charge in [-0.3, -0.25) is 4.79 Å². The Balaban J connectivity index is 2.01. The smallest absolute Gasteiger partial charge is 0.220 e. The van der Waals surface area contributed by atoms with Crippen LogP contribution < -0.4 is 5.32 Å². The molecule has 7 unspecified atom stereocenters. The third-order valence-electron chi connectivity index (χ3n) is 13.0. The van der Waals surface area contributed by atoms with Gasteiger partial charge >= 0.3 is 0 Å². The topological polar surface area (TPSA) is 149 Å². The lowest BCUT2D eigenvalue weighted by Crippen LogP contribution is -2.60. The van der Waals surface area contributed by atoms with Crippen molar-refractivity contribution in [1.82, 2.24) is 5.32 Å². The Bertz CT molecular complexity index is 1040. The first kappa shape index (κ1) is 59.7. The number of allylic oxidation sites excluding steroid dienone is 3. The van der Waals surface area contributed by atoms with E-state index in [-0.39, 0.29) is 12.5 Å². The van der Waals surface area contributed by atoms with Crippen LogP contribution >= 0.6 is 0 Å². The second-order valence-electron chi connectivity index (χ2n) is 19.0. The first-order chi connectivity index (χ1) is 30.8. The predicted molar refractivity (Wildman–Crippen MR) is 263 cm³/mol. The fourth-order valence-electron chi connectivity index (χ4n) is 8.71. The van der Waals surface area contributed by atoms with Gasteiger partial charge in [-0.15, -0.1) is 0 Å². The highest BCUT2D eigenvalue weighted by Crippen LogP contribution is 2.23. The van der Waals surface area contributed by atoms with Crippen LogP contribution in [0.3, 0.4) is 0 Å². The van der Waals surface area contributed by atoms with Crippen molar-refractivity contribution in [2.24, 2.45) is 0 Å². The van der Waals surface area contributed by atoms with Crippen LogP contribution in [0.2, 0.25) is 0 Å². The summed E-state index contributed by atoms with van der Waals surface area (Å²) in [6.07, 6.45) is 48.8. The van der Waals surface area contributed by atoms with E-state index < -0.39 is 49.5 Å². The summed E-state index contributed by atoms with van der Waals surface area (Å²) < 4.78 is 11.2. The molecule has 1 aliphatic rings. The van der Waals surface area contributed by atoms with Crippen molar-refractivity contribution in [2.75, 3.05) is 13.2 Å². The van der Waals surface area contributed by atoms with Crippen molar-refractivity contribution in [1.29, 1.82) is 0 Å². The molecule has 9 heteroatoms. The van der Waals surface area contributed by atoms with E-state index in [1.165, 1.54) is 193 Å². The number of nitrogens with one attached hydrogen (secondary N) is 1. The second kappa shape index (κ2) is 44.5. The van der Waals surface area contributed by atoms with Crippen LogP contribution in [0.5, 0.6) is 0 Å². The first-order valence-electron chi connectivity index (χ1n) is 27.1. The molecule has 63 heavy (non-hydrogen) atoms. The number of aliphatic hydroxyl groups is 5. The molecule has 0 aliphatic carbocycles. The Morgan fingerprint density at radius 3 is 1.30 bits per heavy atom. The van der Waals surface area contributed by atoms with E-state index >= 15 is 0 Å². The highest BCUT2D eigenvalue weighted by atomic mass is 16.7. The average Bonchev–Trinajstić information content (AvgIpc) is 3.28. The van der Waals surface area contributed by atoms with Crippen LogP contribution in [0.15, 0.2) is 24.3 Å². The summed E-state index contributed by atoms with van der Waals surface area (Å²) >= 11 is 0. The Morgan fingerprint density at radius 2 is 0.905 bits per heavy atom. The zero-order valence-corrected chi connectivity index (χ0v) is 41.1. The Kier molecular flexibility index (Phi) is 42.2. The van der Waals surface area contributed by atoms with Gasteiger partial charge in [0.1, 0.15) is 24.4 Å². The molecule has 0 bridgehead atoms. The minimum atomic E-state index is -1.57. The number of hydrogen-bond donors (Lipinski definition) is 6. The number of rotatable bonds is 46. The molecule has 1 rings (SSSR count). The molecule has 0 aromatic heterocycles. The van der Waals surface area contributed by atoms with Gasteiger partial charge in [0.2, 0.25) is 5.91 Å². The molecule has 6 N–H and O–H groups in total. The number of ether oxygens (including phenoxy) is 2. The third-order valence-corrected chi connectivity index (χ3v) is 13.0. The predicted octanol–water partition coefficient (Wildman–Crippen LogP) is 12.6. The normalized spacial score (nSPS) is 20.3. The fraction of sp³-hybridized carbons (Fsp3) is 0.907. The Morgan fingerprint density at radius 1 is 0.524 bits per heavy atom. The molecule has 372 valence electrons. The monoisotopic (exact) mass is 894 g/mol. The molecular weight excluding hydrogens is 791 g/mol. The quantitative estimate of drug-likeness (QED) is 0.0261. The molecule has 1 saturated heterocycles. The zero-order chi connectivity index (χ0) is 45.9. The summed E-state index contributed by atoms with van der Waals surface area (Å²) in [4.78, 5) is 12.9. The van der Waals surface area contributed by atoms with E-state index in [1.54, 1.807) is 6.08 Å². The van der Waals surface area contributed by atoms with Crippen molar-refractivity contribution in [2.45, 2.75) is 301 Å². The van der Waals surface area contributed by atoms with Gasteiger partial charge < -0.3 is 40.3 Å². The molecular formula is C54H103NO8. The van der Waals surface area contributed by atoms with Crippen molar-refractivity contribution in [3.63, 3.8) is 0 Å². The van der Waals surface area contributed by atoms with Gasteiger partial charge in [-0.2, -0.15) is 0 Å². The molecule has 1 fully saturated rings. The van der Waals surface area contributed by atoms with Gasteiger partial charge in [0, 0.05) is 6.42 Å². The zero-order valence-electron chi connectivity index (χ0n) is 41.1. The number of aliphatic hydroxyl groups excluding tert-OH is 5. The van der Waals surface area contributed by atoms with E-state index in [2.05, 4.69) is 31.3 Å². The first-order valence-corrected chi connectivity index (χ1v) is 27.1. The SMILES string of the molecule is CCC/C=C/CC/C=C/C(O)C(COC1OC(CO)C(O)C(O)C1O)NC(=O)CCCCCCCCCCCCCCCCCCCCCCCCCCCCCCCCCCC. The Hall–Kier alpha value is -1.33. The second-order valence-corrected chi connectivity index (χ2v) is 19.0. The van der Waals surface area contributed by atoms with Gasteiger partial charge in [0.25, 0.3) is 0 Å². The van der Waals surface area contributed by atoms with Crippen molar-refractivity contribution in [3.8, 4) is 0 Å². The maximum Gasteiger partial charge on any atom is 0.220 e. The van der Waals surface area contributed by atoms with Crippen LogP contribution in [0, 0.1) is 0 Å². The molecule has 0 radical (unpaired) electrons. The van der Waals surface area contributed by atoms with Crippen LogP contribution in [-0.4, -0.2) is 87.5 Å². The third kappa shape index (κ3) is 34.6. The maximum absolute atomic E-state index is 12.9. The van der Waals surface area contributed by atoms with E-state index in [4.69, 9.17) is 9.47 Å². The van der Waals surface area contributed by atoms with E-state index in [0.29, 0.717) is 6.42 Å². The van der Waals surface area contributed by atoms with E-state index in [9.17, 15) is 30.3 Å². The highest BCUT2D eigenvalue weighted by molar-refractivity contribution is 5.76. The van der Waals surface area contributed by atoms with Crippen molar-refractivity contribution >= 4 is 5.91 Å². The molecule has 0 saturated carbocycles. The van der Waals surface area contributed by atoms with Gasteiger partial charge in [-0.1, -0.05) is 250 Å². The molecule has 0 aromatic rings. The molecule has 1 aliphatic heterocycles.